The van der Waals surface area contributed by atoms with Crippen LogP contribution in [-0.4, -0.2) is 107 Å². The Morgan fingerprint density at radius 3 is 2.46 bits per heavy atom. The Balaban J connectivity index is 1.40. The highest BCUT2D eigenvalue weighted by Crippen LogP contribution is 2.42. The minimum Gasteiger partial charge on any atom is -0.508 e. The van der Waals surface area contributed by atoms with Crippen molar-refractivity contribution < 1.29 is 33.8 Å². The van der Waals surface area contributed by atoms with Gasteiger partial charge in [0, 0.05) is 81.3 Å². The van der Waals surface area contributed by atoms with E-state index in [0.29, 0.717) is 31.6 Å². The highest BCUT2D eigenvalue weighted by atomic mass is 16.5. The van der Waals surface area contributed by atoms with Crippen molar-refractivity contribution in [3.05, 3.63) is 71.5 Å². The zero-order valence-electron chi connectivity index (χ0n) is 40.1. The zero-order chi connectivity index (χ0) is 47.2. The topological polar surface area (TPSA) is 167 Å². The number of rotatable bonds is 17. The number of aromatic hydroxyl groups is 1. The minimum absolute atomic E-state index is 0.00661. The largest absolute Gasteiger partial charge is 0.508 e. The van der Waals surface area contributed by atoms with Gasteiger partial charge in [0.15, 0.2) is 0 Å². The lowest BCUT2D eigenvalue weighted by atomic mass is 9.84. The van der Waals surface area contributed by atoms with Gasteiger partial charge in [-0.3, -0.25) is 29.2 Å². The number of methoxy groups -OCH3 is 1. The van der Waals surface area contributed by atoms with Crippen LogP contribution in [0.2, 0.25) is 0 Å². The van der Waals surface area contributed by atoms with Crippen LogP contribution in [-0.2, 0) is 48.0 Å². The molecule has 0 saturated carbocycles. The number of likely N-dealkylation sites (N-methyl/N-ethyl adjacent to an activating group) is 1. The predicted molar refractivity (Wildman–Crippen MR) is 254 cm³/mol. The third-order valence-corrected chi connectivity index (χ3v) is 13.1. The van der Waals surface area contributed by atoms with Crippen molar-refractivity contribution in [2.24, 2.45) is 17.3 Å². The lowest BCUT2D eigenvalue weighted by Crippen LogP contribution is -2.60. The van der Waals surface area contributed by atoms with Gasteiger partial charge in [-0.15, -0.1) is 0 Å². The quantitative estimate of drug-likeness (QED) is 0.0815. The van der Waals surface area contributed by atoms with Gasteiger partial charge in [0.2, 0.25) is 11.8 Å². The summed E-state index contributed by atoms with van der Waals surface area (Å²) in [7, 11) is 3.36. The summed E-state index contributed by atoms with van der Waals surface area (Å²) in [6.45, 7) is 18.4. The van der Waals surface area contributed by atoms with Crippen molar-refractivity contribution in [2.45, 2.75) is 125 Å². The van der Waals surface area contributed by atoms with Gasteiger partial charge in [-0.1, -0.05) is 39.8 Å². The molecule has 65 heavy (non-hydrogen) atoms. The van der Waals surface area contributed by atoms with Crippen molar-refractivity contribution in [1.29, 1.82) is 0 Å². The fourth-order valence-electron chi connectivity index (χ4n) is 9.72. The number of amides is 3. The number of carbonyl (C=O) groups is 4. The van der Waals surface area contributed by atoms with Gasteiger partial charge in [-0.05, 0) is 124 Å². The number of hydrazine groups is 1. The number of phenolic OH excluding ortho intramolecular Hbond substituents is 1. The van der Waals surface area contributed by atoms with E-state index in [-0.39, 0.29) is 60.5 Å². The number of aromatic nitrogens is 2. The summed E-state index contributed by atoms with van der Waals surface area (Å²) in [5, 5.41) is 20.4. The normalized spacial score (nSPS) is 18.3. The molecular weight excluding hydrogens is 823 g/mol. The molecule has 3 amide bonds. The van der Waals surface area contributed by atoms with E-state index in [0.717, 1.165) is 76.8 Å². The fourth-order valence-corrected chi connectivity index (χ4v) is 9.72. The molecule has 4 aromatic rings. The Labute approximate surface area is 384 Å². The Hall–Kier alpha value is -5.31. The predicted octanol–water partition coefficient (Wildman–Crippen LogP) is 6.96. The molecule has 0 bridgehead atoms. The van der Waals surface area contributed by atoms with E-state index >= 15 is 0 Å². The van der Waals surface area contributed by atoms with Gasteiger partial charge in [-0.25, -0.2) is 5.43 Å². The molecule has 352 valence electrons. The fraction of sp³-hybridized carbons (Fsp3) is 0.549. The van der Waals surface area contributed by atoms with Gasteiger partial charge < -0.3 is 34.7 Å². The maximum absolute atomic E-state index is 14.4. The van der Waals surface area contributed by atoms with Crippen LogP contribution in [0.1, 0.15) is 104 Å². The average molecular weight is 894 g/mol. The van der Waals surface area contributed by atoms with Gasteiger partial charge >= 0.3 is 5.97 Å². The smallest absolute Gasteiger partial charge is 0.302 e. The highest BCUT2D eigenvalue weighted by Gasteiger charge is 2.38. The standard InChI is InChI=1S/C51H71N7O7/c1-11-57-44-19-18-36(28-41(44)42(29-51(7,8)30-65-34(6)59)47(57)40-17-15-21-53-45(40)33(5)64-10)37-24-35(25-38(60)27-37)26-43(50(63)58-23-13-12-22-54-58)55-48(61)46(31(2)3)56(9)49(62)39-16-14-20-52-32(39)4/h15,17-19,21,24-25,27-28,31-33,39,43,46,52,54,60H,11-14,16,20,22-23,26,29-30H2,1-10H3,(H,55,61)/t32-,33+,39+,43+,46+/m1/s1. The van der Waals surface area contributed by atoms with Gasteiger partial charge in [0.05, 0.1) is 30.0 Å². The molecule has 2 aliphatic rings. The molecule has 5 atom stereocenters. The summed E-state index contributed by atoms with van der Waals surface area (Å²) in [6.07, 6.45) is 5.58. The van der Waals surface area contributed by atoms with Crippen LogP contribution in [0.5, 0.6) is 5.75 Å². The average Bonchev–Trinajstić information content (AvgIpc) is 3.58. The van der Waals surface area contributed by atoms with Crippen LogP contribution in [0, 0.1) is 17.3 Å². The van der Waals surface area contributed by atoms with Crippen molar-refractivity contribution in [3.63, 3.8) is 0 Å². The lowest BCUT2D eigenvalue weighted by Gasteiger charge is -2.37. The number of esters is 1. The maximum Gasteiger partial charge on any atom is 0.302 e. The van der Waals surface area contributed by atoms with Crippen molar-refractivity contribution in [3.8, 4) is 28.1 Å². The number of ether oxygens (including phenoxy) is 2. The number of nitrogens with one attached hydrogen (secondary N) is 3. The van der Waals surface area contributed by atoms with Crippen molar-refractivity contribution in [1.82, 2.24) is 35.5 Å². The van der Waals surface area contributed by atoms with Crippen LogP contribution in [0.3, 0.4) is 0 Å². The monoisotopic (exact) mass is 894 g/mol. The molecule has 4 N–H and O–H groups in total. The first-order chi connectivity index (χ1) is 30.9. The van der Waals surface area contributed by atoms with Crippen LogP contribution < -0.4 is 16.1 Å². The van der Waals surface area contributed by atoms with E-state index in [1.807, 2.05) is 45.9 Å². The first-order valence-corrected chi connectivity index (χ1v) is 23.4. The molecule has 0 spiro atoms. The molecule has 2 aromatic heterocycles. The maximum atomic E-state index is 14.4. The lowest BCUT2D eigenvalue weighted by molar-refractivity contribution is -0.146. The third kappa shape index (κ3) is 11.4. The van der Waals surface area contributed by atoms with Crippen LogP contribution in [0.4, 0.5) is 0 Å². The van der Waals surface area contributed by atoms with Crippen LogP contribution in [0.25, 0.3) is 33.3 Å². The SMILES string of the molecule is CCn1c(-c2cccnc2[C@H](C)OC)c(CC(C)(C)COC(C)=O)c2cc(-c3cc(O)cc(C[C@H](NC(=O)[C@H](C(C)C)N(C)C(=O)[C@H]4CCCN[C@@H]4C)C(=O)N4CCCCN4)c3)ccc21. The number of nitrogens with zero attached hydrogens (tertiary/aromatic N) is 4. The van der Waals surface area contributed by atoms with Gasteiger partial charge in [0.25, 0.3) is 5.91 Å². The number of pyridine rings is 1. The minimum atomic E-state index is -0.986. The summed E-state index contributed by atoms with van der Waals surface area (Å²) >= 11 is 0. The van der Waals surface area contributed by atoms with E-state index in [2.05, 4.69) is 59.6 Å². The first kappa shape index (κ1) is 49.1. The Morgan fingerprint density at radius 2 is 1.80 bits per heavy atom. The number of hydrogen-bond acceptors (Lipinski definition) is 10. The van der Waals surface area contributed by atoms with Crippen molar-refractivity contribution in [2.75, 3.05) is 40.4 Å². The molecule has 14 nitrogen and oxygen atoms in total. The molecule has 0 unspecified atom stereocenters. The molecule has 2 aliphatic heterocycles. The summed E-state index contributed by atoms with van der Waals surface area (Å²) < 4.78 is 13.7. The number of hydrogen-bond donors (Lipinski definition) is 4. The summed E-state index contributed by atoms with van der Waals surface area (Å²) in [4.78, 5) is 61.0. The molecule has 0 radical (unpaired) electrons. The second-order valence-electron chi connectivity index (χ2n) is 19.1. The van der Waals surface area contributed by atoms with Gasteiger partial charge in [-0.2, -0.15) is 0 Å². The highest BCUT2D eigenvalue weighted by molar-refractivity contribution is 5.96. The second-order valence-corrected chi connectivity index (χ2v) is 19.1. The summed E-state index contributed by atoms with van der Waals surface area (Å²) in [5.41, 5.74) is 9.89. The molecule has 2 aromatic carbocycles. The zero-order valence-corrected chi connectivity index (χ0v) is 40.1. The number of fused-ring (bicyclic) bond motifs is 1. The molecule has 6 rings (SSSR count). The van der Waals surface area contributed by atoms with E-state index in [1.165, 1.54) is 6.92 Å². The number of piperidine rings is 1. The summed E-state index contributed by atoms with van der Waals surface area (Å²) in [5.74, 6) is -1.55. The Kier molecular flexibility index (Phi) is 16.1. The molecular formula is C51H71N7O7. The van der Waals surface area contributed by atoms with E-state index in [4.69, 9.17) is 14.5 Å². The molecule has 14 heteroatoms. The van der Waals surface area contributed by atoms with E-state index in [9.17, 15) is 24.3 Å². The summed E-state index contributed by atoms with van der Waals surface area (Å²) in [6, 6.07) is 13.8. The van der Waals surface area contributed by atoms with E-state index < -0.39 is 23.4 Å². The number of carbonyl (C=O) groups excluding carboxylic acids is 4. The number of benzene rings is 2. The second kappa shape index (κ2) is 21.3. The molecule has 2 fully saturated rings. The van der Waals surface area contributed by atoms with Crippen LogP contribution >= 0.6 is 0 Å². The Bertz CT molecular complexity index is 2330. The molecule has 0 aliphatic carbocycles. The molecule has 2 saturated heterocycles. The van der Waals surface area contributed by atoms with Crippen molar-refractivity contribution >= 4 is 34.6 Å². The number of phenols is 1. The van der Waals surface area contributed by atoms with Crippen LogP contribution in [0.15, 0.2) is 54.7 Å². The van der Waals surface area contributed by atoms with Gasteiger partial charge in [0.1, 0.15) is 17.8 Å². The Morgan fingerprint density at radius 1 is 1.03 bits per heavy atom. The first-order valence-electron chi connectivity index (χ1n) is 23.4. The van der Waals surface area contributed by atoms with E-state index in [1.54, 1.807) is 42.4 Å². The third-order valence-electron chi connectivity index (χ3n) is 13.1. The molecule has 4 heterocycles. The number of aryl methyl sites for hydroxylation is 1.